The fourth-order valence-electron chi connectivity index (χ4n) is 4.30. The van der Waals surface area contributed by atoms with Gasteiger partial charge in [0.1, 0.15) is 19.3 Å². The van der Waals surface area contributed by atoms with Gasteiger partial charge in [0, 0.05) is 51.7 Å². The highest BCUT2D eigenvalue weighted by Crippen LogP contribution is 2.46. The lowest BCUT2D eigenvalue weighted by Gasteiger charge is -2.24. The van der Waals surface area contributed by atoms with Crippen LogP contribution in [0.15, 0.2) is 35.3 Å². The van der Waals surface area contributed by atoms with Crippen LogP contribution in [0.5, 0.6) is 0 Å². The van der Waals surface area contributed by atoms with Crippen LogP contribution < -0.4 is 15.8 Å². The molecule has 4 rings (SSSR count). The Balaban J connectivity index is 1.72. The maximum Gasteiger partial charge on any atom is 0.261 e. The van der Waals surface area contributed by atoms with Crippen molar-refractivity contribution in [1.82, 2.24) is 4.57 Å². The molecule has 1 unspecified atom stereocenters. The van der Waals surface area contributed by atoms with E-state index in [2.05, 4.69) is 44.6 Å². The van der Waals surface area contributed by atoms with E-state index < -0.39 is 27.6 Å². The highest BCUT2D eigenvalue weighted by molar-refractivity contribution is 6.76. The molecule has 0 saturated heterocycles. The Morgan fingerprint density at radius 1 is 0.944 bits per heavy atom. The van der Waals surface area contributed by atoms with Crippen molar-refractivity contribution in [3.05, 3.63) is 46.6 Å². The van der Waals surface area contributed by atoms with Gasteiger partial charge in [-0.1, -0.05) is 50.9 Å². The molecule has 2 aromatic carbocycles. The van der Waals surface area contributed by atoms with E-state index in [0.717, 1.165) is 28.8 Å². The molecule has 1 N–H and O–H groups in total. The molecule has 2 heterocycles. The molecule has 3 aromatic rings. The van der Waals surface area contributed by atoms with Crippen LogP contribution in [0.2, 0.25) is 51.4 Å². The predicted octanol–water partition coefficient (Wildman–Crippen LogP) is 6.67. The van der Waals surface area contributed by atoms with Crippen LogP contribution >= 0.6 is 11.6 Å². The lowest BCUT2D eigenvalue weighted by atomic mass is 9.99. The van der Waals surface area contributed by atoms with Crippen molar-refractivity contribution in [3.8, 4) is 0 Å². The molecule has 6 nitrogen and oxygen atoms in total. The molecule has 0 saturated carbocycles. The van der Waals surface area contributed by atoms with Crippen molar-refractivity contribution in [2.75, 3.05) is 30.2 Å². The summed E-state index contributed by atoms with van der Waals surface area (Å²) in [5, 5.41) is 5.81. The van der Waals surface area contributed by atoms with Gasteiger partial charge in [-0.3, -0.25) is 9.36 Å². The SMILES string of the molecule is C[Si](C)(C)CCOCN1c2c(c3ccn(COCC[Si](C)(C)C)c(=O)c3c3cc(F)ccc23)NC1Cl. The smallest absolute Gasteiger partial charge is 0.261 e. The van der Waals surface area contributed by atoms with Crippen LogP contribution in [-0.4, -0.2) is 46.3 Å². The van der Waals surface area contributed by atoms with Crippen LogP contribution in [-0.2, 0) is 16.2 Å². The van der Waals surface area contributed by atoms with E-state index in [1.807, 2.05) is 11.0 Å². The molecule has 0 bridgehead atoms. The molecular weight excluding hydrogens is 513 g/mol. The first kappa shape index (κ1) is 27.1. The summed E-state index contributed by atoms with van der Waals surface area (Å²) in [6.45, 7) is 15.5. The highest BCUT2D eigenvalue weighted by Gasteiger charge is 2.32. The monoisotopic (exact) mass is 549 g/mol. The number of rotatable bonds is 10. The Kier molecular flexibility index (Phi) is 7.88. The molecule has 36 heavy (non-hydrogen) atoms. The van der Waals surface area contributed by atoms with Gasteiger partial charge in [-0.25, -0.2) is 4.39 Å². The average Bonchev–Trinajstić information content (AvgIpc) is 3.10. The number of hydrogen-bond acceptors (Lipinski definition) is 5. The van der Waals surface area contributed by atoms with Gasteiger partial charge in [-0.05, 0) is 36.4 Å². The van der Waals surface area contributed by atoms with E-state index >= 15 is 0 Å². The lowest BCUT2D eigenvalue weighted by molar-refractivity contribution is 0.0851. The summed E-state index contributed by atoms with van der Waals surface area (Å²) >= 11 is 6.71. The summed E-state index contributed by atoms with van der Waals surface area (Å²) in [7, 11) is -2.45. The van der Waals surface area contributed by atoms with Gasteiger partial charge in [0.25, 0.3) is 5.56 Å². The summed E-state index contributed by atoms with van der Waals surface area (Å²) in [5.41, 5.74) is 0.838. The van der Waals surface area contributed by atoms with Gasteiger partial charge < -0.3 is 19.7 Å². The Hall–Kier alpha value is -1.92. The van der Waals surface area contributed by atoms with Crippen LogP contribution in [0.1, 0.15) is 0 Å². The Labute approximate surface area is 219 Å². The molecule has 0 fully saturated rings. The van der Waals surface area contributed by atoms with Crippen molar-refractivity contribution < 1.29 is 13.9 Å². The second-order valence-electron chi connectivity index (χ2n) is 11.9. The fourth-order valence-corrected chi connectivity index (χ4v) is 6.08. The number of anilines is 2. The minimum absolute atomic E-state index is 0.162. The largest absolute Gasteiger partial charge is 0.361 e. The summed E-state index contributed by atoms with van der Waals surface area (Å²) in [5.74, 6) is -0.392. The average molecular weight is 550 g/mol. The van der Waals surface area contributed by atoms with Crippen LogP contribution in [0, 0.1) is 5.82 Å². The summed E-state index contributed by atoms with van der Waals surface area (Å²) < 4.78 is 27.8. The third-order valence-electron chi connectivity index (χ3n) is 6.46. The summed E-state index contributed by atoms with van der Waals surface area (Å²) in [6, 6.07) is 8.53. The number of fused-ring (bicyclic) bond motifs is 6. The third-order valence-corrected chi connectivity index (χ3v) is 10.2. The Bertz CT molecular complexity index is 1320. The number of halogens is 2. The van der Waals surface area contributed by atoms with Crippen LogP contribution in [0.25, 0.3) is 21.5 Å². The van der Waals surface area contributed by atoms with E-state index in [1.54, 1.807) is 16.8 Å². The first-order valence-electron chi connectivity index (χ1n) is 12.5. The van der Waals surface area contributed by atoms with Gasteiger partial charge in [0.15, 0.2) is 5.62 Å². The van der Waals surface area contributed by atoms with Crippen LogP contribution in [0.3, 0.4) is 0 Å². The normalized spacial score (nSPS) is 16.1. The third kappa shape index (κ3) is 5.97. The van der Waals surface area contributed by atoms with Crippen LogP contribution in [0.4, 0.5) is 15.8 Å². The topological polar surface area (TPSA) is 55.7 Å². The zero-order chi connectivity index (χ0) is 26.3. The maximum atomic E-state index is 14.4. The van der Waals surface area contributed by atoms with Gasteiger partial charge in [-0.15, -0.1) is 0 Å². The quantitative estimate of drug-likeness (QED) is 0.101. The molecule has 10 heteroatoms. The molecule has 1 atom stereocenters. The number of aromatic nitrogens is 1. The zero-order valence-corrected chi connectivity index (χ0v) is 24.8. The molecule has 1 aliphatic rings. The lowest BCUT2D eigenvalue weighted by Crippen LogP contribution is -2.34. The van der Waals surface area contributed by atoms with Crippen molar-refractivity contribution in [2.24, 2.45) is 0 Å². The second-order valence-corrected chi connectivity index (χ2v) is 23.6. The van der Waals surface area contributed by atoms with Gasteiger partial charge in [0.05, 0.1) is 16.8 Å². The molecule has 1 aliphatic heterocycles. The molecule has 0 radical (unpaired) electrons. The van der Waals surface area contributed by atoms with E-state index in [-0.39, 0.29) is 12.3 Å². The standard InChI is InChI=1S/C26H37ClFN3O3Si2/c1-35(2,3)13-11-33-16-30-10-9-20-22(25(30)32)21-15-18(28)7-8-19(21)24-23(20)29-26(27)31(24)17-34-12-14-36(4,5)6/h7-10,15,26,29H,11-14,16-17H2,1-6H3. The fraction of sp³-hybridized carbons (Fsp3) is 0.500. The Morgan fingerprint density at radius 3 is 2.22 bits per heavy atom. The number of nitrogens with zero attached hydrogens (tertiary/aromatic N) is 2. The molecule has 0 spiro atoms. The van der Waals surface area contributed by atoms with Gasteiger partial charge in [0.2, 0.25) is 0 Å². The second kappa shape index (κ2) is 10.5. The van der Waals surface area contributed by atoms with Gasteiger partial charge in [-0.2, -0.15) is 0 Å². The highest BCUT2D eigenvalue weighted by atomic mass is 35.5. The number of ether oxygens (including phenoxy) is 2. The van der Waals surface area contributed by atoms with Gasteiger partial charge >= 0.3 is 0 Å². The molecule has 196 valence electrons. The number of pyridine rings is 1. The molecule has 0 amide bonds. The van der Waals surface area contributed by atoms with E-state index in [9.17, 15) is 9.18 Å². The minimum Gasteiger partial charge on any atom is -0.361 e. The number of hydrogen-bond donors (Lipinski definition) is 1. The van der Waals surface area contributed by atoms with E-state index in [1.165, 1.54) is 12.1 Å². The zero-order valence-electron chi connectivity index (χ0n) is 22.1. The van der Waals surface area contributed by atoms with Crippen molar-refractivity contribution >= 4 is 60.7 Å². The molecular formula is C26H37ClFN3O3Si2. The predicted molar refractivity (Wildman–Crippen MR) is 154 cm³/mol. The van der Waals surface area contributed by atoms with E-state index in [4.69, 9.17) is 21.1 Å². The summed E-state index contributed by atoms with van der Waals surface area (Å²) in [4.78, 5) is 15.5. The van der Waals surface area contributed by atoms with Crippen molar-refractivity contribution in [3.63, 3.8) is 0 Å². The molecule has 0 aliphatic carbocycles. The molecule has 1 aromatic heterocycles. The number of nitrogens with one attached hydrogen (secondary N) is 1. The summed E-state index contributed by atoms with van der Waals surface area (Å²) in [6.07, 6.45) is 1.74. The minimum atomic E-state index is -1.23. The van der Waals surface area contributed by atoms with E-state index in [0.29, 0.717) is 36.1 Å². The van der Waals surface area contributed by atoms with Crippen molar-refractivity contribution in [1.29, 1.82) is 0 Å². The maximum absolute atomic E-state index is 14.4. The van der Waals surface area contributed by atoms with Crippen molar-refractivity contribution in [2.45, 2.75) is 63.7 Å². The number of benzene rings is 2. The first-order valence-corrected chi connectivity index (χ1v) is 20.3. The number of alkyl halides is 1. The Morgan fingerprint density at radius 2 is 1.58 bits per heavy atom. The first-order chi connectivity index (χ1) is 16.9.